The Hall–Kier alpha value is -3.09. The minimum Gasteiger partial charge on any atom is -0.366 e. The summed E-state index contributed by atoms with van der Waals surface area (Å²) in [6.45, 7) is 4.40. The molecule has 2 aromatic carbocycles. The van der Waals surface area contributed by atoms with Gasteiger partial charge in [-0.15, -0.1) is 0 Å². The first-order valence-corrected chi connectivity index (χ1v) is 8.39. The number of benzene rings is 2. The second-order valence-corrected chi connectivity index (χ2v) is 6.22. The molecular formula is C20H19F3N4. The normalized spacial score (nSPS) is 11.3. The molecule has 0 bridgehead atoms. The molecule has 0 spiro atoms. The van der Waals surface area contributed by atoms with Crippen LogP contribution in [0.4, 0.5) is 30.5 Å². The Balaban J connectivity index is 1.70. The molecule has 0 saturated carbocycles. The van der Waals surface area contributed by atoms with E-state index >= 15 is 0 Å². The van der Waals surface area contributed by atoms with Crippen LogP contribution in [0.25, 0.3) is 0 Å². The number of aromatic nitrogens is 2. The maximum absolute atomic E-state index is 12.6. The van der Waals surface area contributed by atoms with Crippen molar-refractivity contribution in [2.75, 3.05) is 10.6 Å². The van der Waals surface area contributed by atoms with Gasteiger partial charge in [0.15, 0.2) is 0 Å². The molecule has 0 unspecified atom stereocenters. The van der Waals surface area contributed by atoms with Crippen LogP contribution in [-0.2, 0) is 12.7 Å². The summed E-state index contributed by atoms with van der Waals surface area (Å²) in [6, 6.07) is 14.7. The van der Waals surface area contributed by atoms with Gasteiger partial charge in [0.25, 0.3) is 0 Å². The Bertz CT molecular complexity index is 904. The van der Waals surface area contributed by atoms with Crippen LogP contribution in [0.15, 0.2) is 54.6 Å². The lowest BCUT2D eigenvalue weighted by Crippen LogP contribution is -2.06. The molecule has 0 aliphatic rings. The van der Waals surface area contributed by atoms with Crippen molar-refractivity contribution < 1.29 is 13.2 Å². The van der Waals surface area contributed by atoms with Crippen molar-refractivity contribution in [2.24, 2.45) is 0 Å². The highest BCUT2D eigenvalue weighted by molar-refractivity contribution is 5.59. The maximum Gasteiger partial charge on any atom is 0.416 e. The highest BCUT2D eigenvalue weighted by atomic mass is 19.4. The molecule has 0 fully saturated rings. The van der Waals surface area contributed by atoms with Crippen molar-refractivity contribution in [3.05, 3.63) is 77.1 Å². The van der Waals surface area contributed by atoms with Crippen LogP contribution in [0, 0.1) is 13.8 Å². The largest absolute Gasteiger partial charge is 0.416 e. The third-order valence-electron chi connectivity index (χ3n) is 3.92. The Kier molecular flexibility index (Phi) is 5.30. The van der Waals surface area contributed by atoms with E-state index in [1.54, 1.807) is 13.0 Å². The smallest absolute Gasteiger partial charge is 0.366 e. The molecule has 3 rings (SSSR count). The number of anilines is 3. The second kappa shape index (κ2) is 7.65. The van der Waals surface area contributed by atoms with Crippen LogP contribution >= 0.6 is 0 Å². The monoisotopic (exact) mass is 372 g/mol. The van der Waals surface area contributed by atoms with Gasteiger partial charge in [-0.2, -0.15) is 13.2 Å². The average Bonchev–Trinajstić information content (AvgIpc) is 2.60. The summed E-state index contributed by atoms with van der Waals surface area (Å²) in [5.74, 6) is 1.70. The fourth-order valence-corrected chi connectivity index (χ4v) is 2.51. The number of hydrogen-bond donors (Lipinski definition) is 2. The Morgan fingerprint density at radius 1 is 0.852 bits per heavy atom. The molecule has 2 N–H and O–H groups in total. The van der Waals surface area contributed by atoms with E-state index in [9.17, 15) is 13.2 Å². The van der Waals surface area contributed by atoms with Gasteiger partial charge in [-0.25, -0.2) is 9.97 Å². The summed E-state index contributed by atoms with van der Waals surface area (Å²) in [5.41, 5.74) is 2.15. The Labute approximate surface area is 155 Å². The first-order chi connectivity index (χ1) is 12.8. The number of hydrogen-bond acceptors (Lipinski definition) is 4. The summed E-state index contributed by atoms with van der Waals surface area (Å²) < 4.78 is 37.9. The summed E-state index contributed by atoms with van der Waals surface area (Å²) in [5, 5.41) is 6.25. The summed E-state index contributed by atoms with van der Waals surface area (Å²) in [7, 11) is 0. The number of halogens is 3. The quantitative estimate of drug-likeness (QED) is 0.624. The van der Waals surface area contributed by atoms with Crippen LogP contribution in [0.3, 0.4) is 0 Å². The van der Waals surface area contributed by atoms with Gasteiger partial charge in [-0.1, -0.05) is 29.8 Å². The minimum absolute atomic E-state index is 0.508. The van der Waals surface area contributed by atoms with E-state index in [1.165, 1.54) is 17.7 Å². The minimum atomic E-state index is -4.35. The van der Waals surface area contributed by atoms with E-state index in [0.29, 0.717) is 29.7 Å². The number of alkyl halides is 3. The zero-order chi connectivity index (χ0) is 19.4. The molecule has 140 valence electrons. The fourth-order valence-electron chi connectivity index (χ4n) is 2.51. The van der Waals surface area contributed by atoms with Gasteiger partial charge in [0.2, 0.25) is 0 Å². The zero-order valence-electron chi connectivity index (χ0n) is 14.9. The molecule has 27 heavy (non-hydrogen) atoms. The molecule has 3 aromatic rings. The standard InChI is InChI=1S/C20H19F3N4/c1-13-3-5-15(6-4-13)12-24-18-11-19(26-14(2)25-18)27-17-9-7-16(8-10-17)20(21,22)23/h3-11H,12H2,1-2H3,(H2,24,25,26,27). The number of aryl methyl sites for hydroxylation is 2. The van der Waals surface area contributed by atoms with Crippen molar-refractivity contribution in [1.82, 2.24) is 9.97 Å². The van der Waals surface area contributed by atoms with Crippen molar-refractivity contribution in [2.45, 2.75) is 26.6 Å². The molecule has 0 amide bonds. The van der Waals surface area contributed by atoms with Crippen LogP contribution in [0.1, 0.15) is 22.5 Å². The molecule has 1 aromatic heterocycles. The molecule has 4 nitrogen and oxygen atoms in total. The lowest BCUT2D eigenvalue weighted by molar-refractivity contribution is -0.137. The lowest BCUT2D eigenvalue weighted by atomic mass is 10.1. The van der Waals surface area contributed by atoms with E-state index in [1.807, 2.05) is 31.2 Å². The number of nitrogens with zero attached hydrogens (tertiary/aromatic N) is 2. The van der Waals surface area contributed by atoms with Gasteiger partial charge >= 0.3 is 6.18 Å². The van der Waals surface area contributed by atoms with Crippen molar-refractivity contribution in [3.63, 3.8) is 0 Å². The molecule has 0 radical (unpaired) electrons. The van der Waals surface area contributed by atoms with Crippen molar-refractivity contribution in [3.8, 4) is 0 Å². The third-order valence-corrected chi connectivity index (χ3v) is 3.92. The topological polar surface area (TPSA) is 49.8 Å². The van der Waals surface area contributed by atoms with Crippen LogP contribution in [0.5, 0.6) is 0 Å². The van der Waals surface area contributed by atoms with E-state index < -0.39 is 11.7 Å². The third kappa shape index (κ3) is 5.20. The van der Waals surface area contributed by atoms with E-state index in [0.717, 1.165) is 17.7 Å². The van der Waals surface area contributed by atoms with Crippen LogP contribution < -0.4 is 10.6 Å². The Morgan fingerprint density at radius 2 is 1.48 bits per heavy atom. The van der Waals surface area contributed by atoms with Gasteiger partial charge in [0.1, 0.15) is 17.5 Å². The molecule has 0 saturated heterocycles. The Morgan fingerprint density at radius 3 is 2.11 bits per heavy atom. The highest BCUT2D eigenvalue weighted by Crippen LogP contribution is 2.30. The fraction of sp³-hybridized carbons (Fsp3) is 0.200. The molecule has 7 heteroatoms. The van der Waals surface area contributed by atoms with Crippen molar-refractivity contribution in [1.29, 1.82) is 0 Å². The molecular weight excluding hydrogens is 353 g/mol. The van der Waals surface area contributed by atoms with Gasteiger partial charge in [0, 0.05) is 18.3 Å². The molecule has 0 atom stereocenters. The zero-order valence-corrected chi connectivity index (χ0v) is 14.9. The lowest BCUT2D eigenvalue weighted by Gasteiger charge is -2.11. The van der Waals surface area contributed by atoms with Gasteiger partial charge in [-0.3, -0.25) is 0 Å². The van der Waals surface area contributed by atoms with Crippen LogP contribution in [0.2, 0.25) is 0 Å². The van der Waals surface area contributed by atoms with Gasteiger partial charge in [-0.05, 0) is 43.7 Å². The van der Waals surface area contributed by atoms with E-state index in [2.05, 4.69) is 20.6 Å². The second-order valence-electron chi connectivity index (χ2n) is 6.22. The molecule has 1 heterocycles. The maximum atomic E-state index is 12.6. The first-order valence-electron chi connectivity index (χ1n) is 8.39. The number of nitrogens with one attached hydrogen (secondary N) is 2. The predicted octanol–water partition coefficient (Wildman–Crippen LogP) is 5.47. The van der Waals surface area contributed by atoms with Gasteiger partial charge in [0.05, 0.1) is 5.56 Å². The van der Waals surface area contributed by atoms with Crippen molar-refractivity contribution >= 4 is 17.3 Å². The predicted molar refractivity (Wildman–Crippen MR) is 100 cm³/mol. The molecule has 0 aliphatic carbocycles. The summed E-state index contributed by atoms with van der Waals surface area (Å²) >= 11 is 0. The van der Waals surface area contributed by atoms with E-state index in [4.69, 9.17) is 0 Å². The first kappa shape index (κ1) is 18.7. The SMILES string of the molecule is Cc1ccc(CNc2cc(Nc3ccc(C(F)(F)F)cc3)nc(C)n2)cc1. The number of rotatable bonds is 5. The summed E-state index contributed by atoms with van der Waals surface area (Å²) in [4.78, 5) is 8.63. The van der Waals surface area contributed by atoms with Crippen LogP contribution in [-0.4, -0.2) is 9.97 Å². The molecule has 0 aliphatic heterocycles. The van der Waals surface area contributed by atoms with E-state index in [-0.39, 0.29) is 0 Å². The highest BCUT2D eigenvalue weighted by Gasteiger charge is 2.29. The average molecular weight is 372 g/mol. The van der Waals surface area contributed by atoms with Gasteiger partial charge < -0.3 is 10.6 Å². The summed E-state index contributed by atoms with van der Waals surface area (Å²) in [6.07, 6.45) is -4.35.